The molecule has 2 nitrogen and oxygen atoms in total. The summed E-state index contributed by atoms with van der Waals surface area (Å²) < 4.78 is 4.93. The summed E-state index contributed by atoms with van der Waals surface area (Å²) in [5.41, 5.74) is 9.80. The Morgan fingerprint density at radius 1 is 0.375 bits per heavy atom. The first-order valence-corrected chi connectivity index (χ1v) is 13.8. The predicted molar refractivity (Wildman–Crippen MR) is 170 cm³/mol. The van der Waals surface area contributed by atoms with Crippen molar-refractivity contribution in [3.63, 3.8) is 0 Å². The number of para-hydroxylation sites is 2. The van der Waals surface area contributed by atoms with Crippen LogP contribution in [0.2, 0.25) is 0 Å². The summed E-state index contributed by atoms with van der Waals surface area (Å²) in [5.74, 6) is 0. The average molecular weight is 509 g/mol. The van der Waals surface area contributed by atoms with E-state index in [-0.39, 0.29) is 0 Å². The van der Waals surface area contributed by atoms with Crippen molar-refractivity contribution in [1.29, 1.82) is 0 Å². The highest BCUT2D eigenvalue weighted by molar-refractivity contribution is 6.27. The molecule has 186 valence electrons. The fourth-order valence-electron chi connectivity index (χ4n) is 6.76. The molecule has 9 rings (SSSR count). The molecule has 0 unspecified atom stereocenters. The van der Waals surface area contributed by atoms with E-state index in [0.717, 1.165) is 0 Å². The number of hydrogen-bond donors (Lipinski definition) is 0. The number of nitrogens with zero attached hydrogens (tertiary/aromatic N) is 2. The number of benzene rings is 6. The van der Waals surface area contributed by atoms with E-state index in [4.69, 9.17) is 0 Å². The Kier molecular flexibility index (Phi) is 4.36. The number of hydrogen-bond acceptors (Lipinski definition) is 0. The molecule has 3 heterocycles. The van der Waals surface area contributed by atoms with Crippen molar-refractivity contribution in [2.45, 2.75) is 0 Å². The van der Waals surface area contributed by atoms with Crippen molar-refractivity contribution in [1.82, 2.24) is 8.97 Å². The summed E-state index contributed by atoms with van der Waals surface area (Å²) in [6, 6.07) is 52.9. The molecule has 2 heteroatoms. The highest BCUT2D eigenvalue weighted by Gasteiger charge is 2.20. The molecule has 0 saturated carbocycles. The van der Waals surface area contributed by atoms with Gasteiger partial charge in [0.25, 0.3) is 0 Å². The zero-order chi connectivity index (χ0) is 26.2. The van der Waals surface area contributed by atoms with E-state index in [1.165, 1.54) is 76.7 Å². The van der Waals surface area contributed by atoms with E-state index in [0.29, 0.717) is 0 Å². The number of rotatable bonds is 2. The monoisotopic (exact) mass is 508 g/mol. The van der Waals surface area contributed by atoms with Gasteiger partial charge in [0.2, 0.25) is 0 Å². The molecule has 0 bridgehead atoms. The lowest BCUT2D eigenvalue weighted by Crippen LogP contribution is -1.95. The third-order valence-corrected chi connectivity index (χ3v) is 8.45. The first kappa shape index (κ1) is 21.6. The van der Waals surface area contributed by atoms with Crippen LogP contribution >= 0.6 is 0 Å². The molecular formula is C38H24N2. The van der Waals surface area contributed by atoms with Gasteiger partial charge in [-0.3, -0.25) is 0 Å². The van der Waals surface area contributed by atoms with Gasteiger partial charge in [0, 0.05) is 32.6 Å². The Morgan fingerprint density at radius 2 is 1.07 bits per heavy atom. The van der Waals surface area contributed by atoms with Gasteiger partial charge in [-0.15, -0.1) is 0 Å². The van der Waals surface area contributed by atoms with Crippen molar-refractivity contribution in [3.8, 4) is 16.8 Å². The summed E-state index contributed by atoms with van der Waals surface area (Å²) in [4.78, 5) is 0. The van der Waals surface area contributed by atoms with Crippen LogP contribution in [0, 0.1) is 0 Å². The van der Waals surface area contributed by atoms with Crippen molar-refractivity contribution < 1.29 is 0 Å². The highest BCUT2D eigenvalue weighted by Crippen LogP contribution is 2.42. The first-order valence-electron chi connectivity index (χ1n) is 13.8. The lowest BCUT2D eigenvalue weighted by atomic mass is 10.0. The third kappa shape index (κ3) is 2.88. The van der Waals surface area contributed by atoms with Crippen LogP contribution in [-0.2, 0) is 0 Å². The summed E-state index contributed by atoms with van der Waals surface area (Å²) in [6.45, 7) is 0. The zero-order valence-corrected chi connectivity index (χ0v) is 21.8. The van der Waals surface area contributed by atoms with Crippen molar-refractivity contribution >= 4 is 59.9 Å². The summed E-state index contributed by atoms with van der Waals surface area (Å²) in [7, 11) is 0. The van der Waals surface area contributed by atoms with Crippen molar-refractivity contribution in [2.24, 2.45) is 0 Å². The van der Waals surface area contributed by atoms with Gasteiger partial charge in [0.1, 0.15) is 0 Å². The van der Waals surface area contributed by atoms with Crippen LogP contribution in [0.3, 0.4) is 0 Å². The third-order valence-electron chi connectivity index (χ3n) is 8.45. The number of pyridine rings is 1. The second-order valence-electron chi connectivity index (χ2n) is 10.6. The Morgan fingerprint density at radius 3 is 1.95 bits per heavy atom. The largest absolute Gasteiger partial charge is 0.309 e. The van der Waals surface area contributed by atoms with E-state index < -0.39 is 0 Å². The molecule has 0 saturated heterocycles. The minimum Gasteiger partial charge on any atom is -0.309 e. The molecular weight excluding hydrogens is 484 g/mol. The van der Waals surface area contributed by atoms with Gasteiger partial charge in [-0.25, -0.2) is 0 Å². The fourth-order valence-corrected chi connectivity index (χ4v) is 6.76. The second-order valence-corrected chi connectivity index (χ2v) is 10.6. The van der Waals surface area contributed by atoms with Crippen LogP contribution in [0.15, 0.2) is 146 Å². The molecule has 3 aromatic heterocycles. The Bertz CT molecular complexity index is 2420. The highest BCUT2D eigenvalue weighted by atomic mass is 15.0. The summed E-state index contributed by atoms with van der Waals surface area (Å²) >= 11 is 0. The van der Waals surface area contributed by atoms with Gasteiger partial charge in [-0.05, 0) is 52.9 Å². The molecule has 0 spiro atoms. The van der Waals surface area contributed by atoms with Crippen LogP contribution in [0.5, 0.6) is 0 Å². The normalized spacial score (nSPS) is 12.0. The Balaban J connectivity index is 1.50. The maximum atomic E-state index is 2.49. The first-order chi connectivity index (χ1) is 19.9. The molecule has 0 aliphatic heterocycles. The lowest BCUT2D eigenvalue weighted by Gasteiger charge is -2.13. The molecule has 0 aliphatic rings. The van der Waals surface area contributed by atoms with Gasteiger partial charge in [0.05, 0.1) is 27.6 Å². The topological polar surface area (TPSA) is 9.34 Å². The van der Waals surface area contributed by atoms with Crippen LogP contribution < -0.4 is 0 Å². The van der Waals surface area contributed by atoms with Crippen LogP contribution in [-0.4, -0.2) is 8.97 Å². The molecule has 40 heavy (non-hydrogen) atoms. The SMILES string of the molecule is c1ccc(-c2cccc(-n3c4ccccc4c4c3ccc3c5ccccc5c5cc6ccccc6n5c34)c2)cc1. The summed E-state index contributed by atoms with van der Waals surface area (Å²) in [5, 5.41) is 7.66. The van der Waals surface area contributed by atoms with E-state index in [1.54, 1.807) is 0 Å². The number of fused-ring (bicyclic) bond motifs is 12. The quantitative estimate of drug-likeness (QED) is 0.206. The number of aromatic nitrogens is 2. The molecule has 0 N–H and O–H groups in total. The van der Waals surface area contributed by atoms with Crippen molar-refractivity contribution in [2.75, 3.05) is 0 Å². The van der Waals surface area contributed by atoms with Gasteiger partial charge in [-0.1, -0.05) is 109 Å². The van der Waals surface area contributed by atoms with Gasteiger partial charge >= 0.3 is 0 Å². The van der Waals surface area contributed by atoms with Crippen LogP contribution in [0.1, 0.15) is 0 Å². The second kappa shape index (κ2) is 8.08. The van der Waals surface area contributed by atoms with Crippen LogP contribution in [0.4, 0.5) is 0 Å². The minimum atomic E-state index is 1.17. The molecule has 0 aliphatic carbocycles. The Hall–Kier alpha value is -5.34. The minimum absolute atomic E-state index is 1.17. The van der Waals surface area contributed by atoms with E-state index >= 15 is 0 Å². The fraction of sp³-hybridized carbons (Fsp3) is 0. The van der Waals surface area contributed by atoms with Gasteiger partial charge < -0.3 is 8.97 Å². The maximum absolute atomic E-state index is 2.49. The Labute approximate surface area is 230 Å². The average Bonchev–Trinajstić information content (AvgIpc) is 3.58. The molecule has 9 aromatic rings. The molecule has 0 fully saturated rings. The van der Waals surface area contributed by atoms with E-state index in [2.05, 4.69) is 155 Å². The van der Waals surface area contributed by atoms with Crippen LogP contribution in [0.25, 0.3) is 76.7 Å². The zero-order valence-electron chi connectivity index (χ0n) is 21.8. The smallest absolute Gasteiger partial charge is 0.0641 e. The van der Waals surface area contributed by atoms with Crippen molar-refractivity contribution in [3.05, 3.63) is 146 Å². The van der Waals surface area contributed by atoms with E-state index in [9.17, 15) is 0 Å². The maximum Gasteiger partial charge on any atom is 0.0641 e. The molecule has 6 aromatic carbocycles. The predicted octanol–water partition coefficient (Wildman–Crippen LogP) is 10.2. The molecule has 0 amide bonds. The van der Waals surface area contributed by atoms with Gasteiger partial charge in [-0.2, -0.15) is 0 Å². The van der Waals surface area contributed by atoms with E-state index in [1.807, 2.05) is 0 Å². The van der Waals surface area contributed by atoms with Gasteiger partial charge in [0.15, 0.2) is 0 Å². The molecule has 0 radical (unpaired) electrons. The standard InChI is InChI=1S/C38H24N2/c1-2-11-25(12-3-1)26-14-10-15-28(23-26)39-34-20-9-7-18-32(34)37-35(39)22-21-31-29-16-5-6-17-30(29)36-24-27-13-4-8-19-33(27)40(36)38(31)37/h1-24H. The summed E-state index contributed by atoms with van der Waals surface area (Å²) in [6.07, 6.45) is 0. The molecule has 0 atom stereocenters. The lowest BCUT2D eigenvalue weighted by molar-refractivity contribution is 1.18.